The summed E-state index contributed by atoms with van der Waals surface area (Å²) in [5.74, 6) is 0.384. The minimum atomic E-state index is 0.0714. The summed E-state index contributed by atoms with van der Waals surface area (Å²) in [6.07, 6.45) is 6.22. The van der Waals surface area contributed by atoms with E-state index in [9.17, 15) is 4.79 Å². The van der Waals surface area contributed by atoms with Crippen molar-refractivity contribution in [3.63, 3.8) is 0 Å². The topological polar surface area (TPSA) is 55.6 Å². The van der Waals surface area contributed by atoms with Gasteiger partial charge in [-0.3, -0.25) is 4.79 Å². The minimum Gasteiger partial charge on any atom is -0.378 e. The van der Waals surface area contributed by atoms with Gasteiger partial charge in [0.05, 0.1) is 12.0 Å². The smallest absolute Gasteiger partial charge is 0.228 e. The lowest BCUT2D eigenvalue weighted by Crippen LogP contribution is -2.48. The molecule has 0 aromatic heterocycles. The molecule has 2 aliphatic rings. The lowest BCUT2D eigenvalue weighted by atomic mass is 9.89. The van der Waals surface area contributed by atoms with Crippen LogP contribution in [0.3, 0.4) is 0 Å². The number of carbonyl (C=O) groups is 1. The van der Waals surface area contributed by atoms with Crippen molar-refractivity contribution >= 4 is 5.91 Å². The molecule has 2 rings (SSSR count). The number of carbonyl (C=O) groups excluding carboxylic acids is 1. The van der Waals surface area contributed by atoms with Crippen molar-refractivity contribution in [1.29, 1.82) is 0 Å². The van der Waals surface area contributed by atoms with E-state index in [2.05, 4.69) is 11.8 Å². The summed E-state index contributed by atoms with van der Waals surface area (Å²) in [6.45, 7) is 5.77. The molecular formula is C15H28N2O2. The van der Waals surface area contributed by atoms with Crippen LogP contribution < -0.4 is 5.73 Å². The first-order valence-electron chi connectivity index (χ1n) is 7.81. The first kappa shape index (κ1) is 14.8. The summed E-state index contributed by atoms with van der Waals surface area (Å²) in [5, 5.41) is 0. The van der Waals surface area contributed by atoms with E-state index in [4.69, 9.17) is 10.5 Å². The molecule has 0 aromatic rings. The zero-order chi connectivity index (χ0) is 13.8. The summed E-state index contributed by atoms with van der Waals surface area (Å²) >= 11 is 0. The van der Waals surface area contributed by atoms with Crippen LogP contribution in [0.1, 0.15) is 52.4 Å². The van der Waals surface area contributed by atoms with Gasteiger partial charge in [0, 0.05) is 25.2 Å². The second-order valence-electron chi connectivity index (χ2n) is 6.07. The summed E-state index contributed by atoms with van der Waals surface area (Å²) in [6, 6.07) is 0.739. The van der Waals surface area contributed by atoms with Gasteiger partial charge in [0.1, 0.15) is 0 Å². The lowest BCUT2D eigenvalue weighted by Gasteiger charge is -2.37. The molecule has 1 aliphatic carbocycles. The maximum Gasteiger partial charge on any atom is 0.228 e. The average molecular weight is 268 g/mol. The molecule has 4 heteroatoms. The van der Waals surface area contributed by atoms with Crippen LogP contribution in [0.4, 0.5) is 0 Å². The Kier molecular flexibility index (Phi) is 5.22. The Labute approximate surface area is 116 Å². The number of hydrogen-bond donors (Lipinski definition) is 1. The molecule has 0 aromatic carbocycles. The summed E-state index contributed by atoms with van der Waals surface area (Å²) in [4.78, 5) is 14.9. The molecule has 1 heterocycles. The minimum absolute atomic E-state index is 0.0714. The van der Waals surface area contributed by atoms with Crippen molar-refractivity contribution in [3.8, 4) is 0 Å². The third kappa shape index (κ3) is 3.48. The molecule has 0 radical (unpaired) electrons. The molecule has 0 spiro atoms. The molecular weight excluding hydrogens is 240 g/mol. The maximum absolute atomic E-state index is 12.7. The second kappa shape index (κ2) is 6.71. The summed E-state index contributed by atoms with van der Waals surface area (Å²) < 4.78 is 5.55. The number of amides is 1. The third-order valence-corrected chi connectivity index (χ3v) is 4.62. The van der Waals surface area contributed by atoms with E-state index in [0.717, 1.165) is 51.7 Å². The molecule has 1 aliphatic heterocycles. The Morgan fingerprint density at radius 1 is 1.26 bits per heavy atom. The number of nitrogens with zero attached hydrogens (tertiary/aromatic N) is 1. The zero-order valence-electron chi connectivity index (χ0n) is 12.3. The SMILES string of the molecule is CCCN(C(=O)C1CCOC1C)C1CCC(N)CC1. The van der Waals surface area contributed by atoms with Crippen LogP contribution in [0.15, 0.2) is 0 Å². The Morgan fingerprint density at radius 2 is 1.95 bits per heavy atom. The lowest BCUT2D eigenvalue weighted by molar-refractivity contribution is -0.140. The Morgan fingerprint density at radius 3 is 2.47 bits per heavy atom. The fourth-order valence-corrected chi connectivity index (χ4v) is 3.40. The number of hydrogen-bond acceptors (Lipinski definition) is 3. The van der Waals surface area contributed by atoms with E-state index in [1.165, 1.54) is 0 Å². The van der Waals surface area contributed by atoms with Crippen molar-refractivity contribution in [2.75, 3.05) is 13.2 Å². The molecule has 2 atom stereocenters. The first-order chi connectivity index (χ1) is 9.13. The molecule has 2 N–H and O–H groups in total. The molecule has 1 saturated heterocycles. The molecule has 19 heavy (non-hydrogen) atoms. The number of nitrogens with two attached hydrogens (primary N) is 1. The van der Waals surface area contributed by atoms with Gasteiger partial charge in [0.2, 0.25) is 5.91 Å². The van der Waals surface area contributed by atoms with E-state index in [0.29, 0.717) is 18.0 Å². The molecule has 0 bridgehead atoms. The van der Waals surface area contributed by atoms with Gasteiger partial charge in [-0.1, -0.05) is 6.92 Å². The average Bonchev–Trinajstić information content (AvgIpc) is 2.83. The van der Waals surface area contributed by atoms with Gasteiger partial charge in [0.25, 0.3) is 0 Å². The normalized spacial score (nSPS) is 35.3. The molecule has 2 fully saturated rings. The van der Waals surface area contributed by atoms with Gasteiger partial charge in [-0.05, 0) is 45.4 Å². The highest BCUT2D eigenvalue weighted by Crippen LogP contribution is 2.28. The highest BCUT2D eigenvalue weighted by atomic mass is 16.5. The molecule has 4 nitrogen and oxygen atoms in total. The first-order valence-corrected chi connectivity index (χ1v) is 7.81. The van der Waals surface area contributed by atoms with Crippen LogP contribution >= 0.6 is 0 Å². The standard InChI is InChI=1S/C15H28N2O2/c1-3-9-17(13-6-4-12(16)5-7-13)15(18)14-8-10-19-11(14)2/h11-14H,3-10,16H2,1-2H3. The second-order valence-corrected chi connectivity index (χ2v) is 6.07. The van der Waals surface area contributed by atoms with E-state index < -0.39 is 0 Å². The summed E-state index contributed by atoms with van der Waals surface area (Å²) in [7, 11) is 0. The van der Waals surface area contributed by atoms with Gasteiger partial charge < -0.3 is 15.4 Å². The number of ether oxygens (including phenoxy) is 1. The molecule has 2 unspecified atom stereocenters. The maximum atomic E-state index is 12.7. The predicted octanol–water partition coefficient (Wildman–Crippen LogP) is 1.92. The monoisotopic (exact) mass is 268 g/mol. The van der Waals surface area contributed by atoms with Crippen molar-refractivity contribution in [1.82, 2.24) is 4.90 Å². The van der Waals surface area contributed by atoms with E-state index in [1.807, 2.05) is 6.92 Å². The third-order valence-electron chi connectivity index (χ3n) is 4.62. The van der Waals surface area contributed by atoms with Gasteiger partial charge in [-0.15, -0.1) is 0 Å². The van der Waals surface area contributed by atoms with Crippen LogP contribution in [0, 0.1) is 5.92 Å². The van der Waals surface area contributed by atoms with Crippen LogP contribution in [0.5, 0.6) is 0 Å². The Bertz CT molecular complexity index is 301. The highest BCUT2D eigenvalue weighted by molar-refractivity contribution is 5.80. The zero-order valence-corrected chi connectivity index (χ0v) is 12.3. The van der Waals surface area contributed by atoms with Crippen molar-refractivity contribution < 1.29 is 9.53 Å². The van der Waals surface area contributed by atoms with Gasteiger partial charge in [-0.25, -0.2) is 0 Å². The molecule has 1 amide bonds. The van der Waals surface area contributed by atoms with Crippen LogP contribution in [-0.2, 0) is 9.53 Å². The Hall–Kier alpha value is -0.610. The predicted molar refractivity (Wildman–Crippen MR) is 75.8 cm³/mol. The van der Waals surface area contributed by atoms with Crippen molar-refractivity contribution in [2.45, 2.75) is 70.6 Å². The van der Waals surface area contributed by atoms with Crippen LogP contribution in [0.2, 0.25) is 0 Å². The van der Waals surface area contributed by atoms with Gasteiger partial charge in [-0.2, -0.15) is 0 Å². The van der Waals surface area contributed by atoms with E-state index in [-0.39, 0.29) is 12.0 Å². The van der Waals surface area contributed by atoms with Crippen molar-refractivity contribution in [2.24, 2.45) is 11.7 Å². The molecule has 110 valence electrons. The largest absolute Gasteiger partial charge is 0.378 e. The highest BCUT2D eigenvalue weighted by Gasteiger charge is 2.36. The van der Waals surface area contributed by atoms with Crippen molar-refractivity contribution in [3.05, 3.63) is 0 Å². The number of rotatable bonds is 4. The van der Waals surface area contributed by atoms with Gasteiger partial charge in [0.15, 0.2) is 0 Å². The van der Waals surface area contributed by atoms with Crippen LogP contribution in [-0.4, -0.2) is 42.1 Å². The van der Waals surface area contributed by atoms with E-state index in [1.54, 1.807) is 0 Å². The quantitative estimate of drug-likeness (QED) is 0.847. The van der Waals surface area contributed by atoms with E-state index >= 15 is 0 Å². The fourth-order valence-electron chi connectivity index (χ4n) is 3.40. The fraction of sp³-hybridized carbons (Fsp3) is 0.933. The van der Waals surface area contributed by atoms with Gasteiger partial charge >= 0.3 is 0 Å². The molecule has 1 saturated carbocycles. The summed E-state index contributed by atoms with van der Waals surface area (Å²) in [5.41, 5.74) is 5.97. The van der Waals surface area contributed by atoms with Crippen LogP contribution in [0.25, 0.3) is 0 Å². The Balaban J connectivity index is 2.00.